The first-order chi connectivity index (χ1) is 2.64. The first kappa shape index (κ1) is 10.5. The maximum atomic E-state index is 7.69. The average Bonchev–Trinajstić information content (AvgIpc) is 1.36. The van der Waals surface area contributed by atoms with E-state index in [1.54, 1.807) is 0 Å². The van der Waals surface area contributed by atoms with Gasteiger partial charge >= 0.3 is 14.0 Å². The Balaban J connectivity index is 0. The minimum absolute atomic E-state index is 0. The molecule has 4 nitrogen and oxygen atoms in total. The second kappa shape index (κ2) is 4.72. The van der Waals surface area contributed by atoms with E-state index in [4.69, 9.17) is 20.1 Å². The largest absolute Gasteiger partial charge is 0.482 e. The van der Waals surface area contributed by atoms with Gasteiger partial charge in [-0.05, 0) is 0 Å². The van der Waals surface area contributed by atoms with Crippen molar-refractivity contribution in [3.63, 3.8) is 0 Å². The van der Waals surface area contributed by atoms with Crippen LogP contribution in [-0.2, 0) is 0 Å². The molecular weight excluding hydrogens is 92.6 g/mol. The van der Waals surface area contributed by atoms with Crippen LogP contribution in [0.1, 0.15) is 0 Å². The molecule has 0 spiro atoms. The fourth-order valence-electron chi connectivity index (χ4n) is 0. The second-order valence-electron chi connectivity index (χ2n) is 0.827. The molecule has 0 rings (SSSR count). The molecule has 0 aliphatic rings. The molecule has 0 aromatic heterocycles. The van der Waals surface area contributed by atoms with Crippen molar-refractivity contribution in [3.05, 3.63) is 0 Å². The van der Waals surface area contributed by atoms with Gasteiger partial charge in [-0.1, -0.05) is 0 Å². The van der Waals surface area contributed by atoms with Crippen LogP contribution in [0.15, 0.2) is 0 Å². The molecule has 0 aliphatic heterocycles. The van der Waals surface area contributed by atoms with Gasteiger partial charge in [0.2, 0.25) is 0 Å². The molecule has 0 saturated carbocycles. The number of rotatable bonds is 1. The van der Waals surface area contributed by atoms with E-state index in [2.05, 4.69) is 0 Å². The third-order valence-corrected chi connectivity index (χ3v) is 0.267. The van der Waals surface area contributed by atoms with E-state index in [9.17, 15) is 0 Å². The molecule has 0 unspecified atom stereocenters. The van der Waals surface area contributed by atoms with Crippen LogP contribution >= 0.6 is 0 Å². The topological polar surface area (TPSA) is 80.9 Å². The van der Waals surface area contributed by atoms with Crippen LogP contribution in [0, 0.1) is 0 Å². The molecule has 0 aliphatic carbocycles. The minimum Gasteiger partial charge on any atom is -0.429 e. The molecule has 0 atom stereocenters. The first-order valence-corrected chi connectivity index (χ1v) is 1.37. The molecule has 0 fully saturated rings. The van der Waals surface area contributed by atoms with E-state index in [1.807, 2.05) is 0 Å². The van der Waals surface area contributed by atoms with Gasteiger partial charge in [-0.15, -0.1) is 0 Å². The van der Waals surface area contributed by atoms with E-state index >= 15 is 0 Å². The van der Waals surface area contributed by atoms with Crippen molar-refractivity contribution in [1.82, 2.24) is 0 Å². The molecule has 1 radical (unpaired) electrons. The van der Waals surface area contributed by atoms with Crippen LogP contribution < -0.4 is 0 Å². The standard InChI is InChI=1S/B2H4O4.Li/c3-1(4)2(5)6;/h3-6H;. The Morgan fingerprint density at radius 1 is 0.714 bits per heavy atom. The Kier molecular flexibility index (Phi) is 7.10. The fraction of sp³-hybridized carbons (Fsp3) is 0. The van der Waals surface area contributed by atoms with Crippen LogP contribution in [0.4, 0.5) is 0 Å². The zero-order valence-corrected chi connectivity index (χ0v) is 3.94. The Labute approximate surface area is 53.6 Å². The summed E-state index contributed by atoms with van der Waals surface area (Å²) in [6.07, 6.45) is 0. The van der Waals surface area contributed by atoms with Gasteiger partial charge in [0.15, 0.2) is 0 Å². The van der Waals surface area contributed by atoms with E-state index in [0.29, 0.717) is 0 Å². The maximum Gasteiger partial charge on any atom is 0.482 e. The van der Waals surface area contributed by atoms with Gasteiger partial charge in [0, 0.05) is 18.9 Å². The number of hydrogen-bond donors (Lipinski definition) is 4. The van der Waals surface area contributed by atoms with Crippen molar-refractivity contribution >= 4 is 32.9 Å². The number of hydrogen-bond acceptors (Lipinski definition) is 4. The summed E-state index contributed by atoms with van der Waals surface area (Å²) in [5.74, 6) is 0. The summed E-state index contributed by atoms with van der Waals surface area (Å²) >= 11 is 0. The SMILES string of the molecule is OB(O)B(O)O.[Li]. The van der Waals surface area contributed by atoms with E-state index < -0.39 is 14.0 Å². The summed E-state index contributed by atoms with van der Waals surface area (Å²) in [6, 6.07) is 0. The minimum atomic E-state index is -2.04. The Hall–Kier alpha value is 0.567. The maximum absolute atomic E-state index is 7.69. The molecule has 0 bridgehead atoms. The summed E-state index contributed by atoms with van der Waals surface area (Å²) in [5, 5.41) is 30.7. The quantitative estimate of drug-likeness (QED) is 0.257. The predicted octanol–water partition coefficient (Wildman–Crippen LogP) is -3.37. The second-order valence-corrected chi connectivity index (χ2v) is 0.827. The fourth-order valence-corrected chi connectivity index (χ4v) is 0. The van der Waals surface area contributed by atoms with Crippen LogP contribution in [0.2, 0.25) is 0 Å². The molecule has 7 heavy (non-hydrogen) atoms. The molecular formula is H4B2LiO4. The Morgan fingerprint density at radius 2 is 0.857 bits per heavy atom. The van der Waals surface area contributed by atoms with Crippen molar-refractivity contribution in [2.24, 2.45) is 0 Å². The predicted molar refractivity (Wildman–Crippen MR) is 26.1 cm³/mol. The van der Waals surface area contributed by atoms with Gasteiger partial charge < -0.3 is 20.1 Å². The van der Waals surface area contributed by atoms with Crippen LogP contribution in [0.5, 0.6) is 0 Å². The van der Waals surface area contributed by atoms with Crippen LogP contribution in [-0.4, -0.2) is 53.0 Å². The van der Waals surface area contributed by atoms with Crippen LogP contribution in [0.25, 0.3) is 0 Å². The third-order valence-electron chi connectivity index (χ3n) is 0.267. The van der Waals surface area contributed by atoms with Gasteiger partial charge in [-0.3, -0.25) is 0 Å². The van der Waals surface area contributed by atoms with Crippen molar-refractivity contribution < 1.29 is 20.1 Å². The summed E-state index contributed by atoms with van der Waals surface area (Å²) in [6.45, 7) is 0. The zero-order chi connectivity index (χ0) is 5.15. The van der Waals surface area contributed by atoms with Gasteiger partial charge in [0.1, 0.15) is 0 Å². The normalized spacial score (nSPS) is 6.86. The average molecular weight is 96.6 g/mol. The molecule has 0 aromatic carbocycles. The van der Waals surface area contributed by atoms with Gasteiger partial charge in [0.05, 0.1) is 0 Å². The molecule has 35 valence electrons. The summed E-state index contributed by atoms with van der Waals surface area (Å²) in [4.78, 5) is 0. The molecule has 4 N–H and O–H groups in total. The molecule has 0 aromatic rings. The molecule has 0 saturated heterocycles. The molecule has 0 amide bonds. The van der Waals surface area contributed by atoms with Crippen molar-refractivity contribution in [1.29, 1.82) is 0 Å². The first-order valence-electron chi connectivity index (χ1n) is 1.37. The van der Waals surface area contributed by atoms with Crippen LogP contribution in [0.3, 0.4) is 0 Å². The van der Waals surface area contributed by atoms with Gasteiger partial charge in [-0.25, -0.2) is 0 Å². The summed E-state index contributed by atoms with van der Waals surface area (Å²) in [7, 11) is -4.07. The monoisotopic (exact) mass is 97.0 g/mol. The Bertz CT molecular complexity index is 30.7. The van der Waals surface area contributed by atoms with Gasteiger partial charge in [0.25, 0.3) is 0 Å². The van der Waals surface area contributed by atoms with E-state index in [1.165, 1.54) is 0 Å². The molecule has 7 heteroatoms. The van der Waals surface area contributed by atoms with E-state index in [0.717, 1.165) is 0 Å². The smallest absolute Gasteiger partial charge is 0.429 e. The Morgan fingerprint density at radius 3 is 0.857 bits per heavy atom. The molecule has 0 heterocycles. The van der Waals surface area contributed by atoms with Crippen molar-refractivity contribution in [2.45, 2.75) is 0 Å². The van der Waals surface area contributed by atoms with Crippen molar-refractivity contribution in [2.75, 3.05) is 0 Å². The van der Waals surface area contributed by atoms with Gasteiger partial charge in [-0.2, -0.15) is 0 Å². The third kappa shape index (κ3) is 6.57. The zero-order valence-electron chi connectivity index (χ0n) is 3.94. The van der Waals surface area contributed by atoms with Crippen molar-refractivity contribution in [3.8, 4) is 0 Å². The van der Waals surface area contributed by atoms with E-state index in [-0.39, 0.29) is 18.9 Å². The summed E-state index contributed by atoms with van der Waals surface area (Å²) < 4.78 is 0. The summed E-state index contributed by atoms with van der Waals surface area (Å²) in [5.41, 5.74) is 0.